The fourth-order valence-electron chi connectivity index (χ4n) is 3.24. The molecule has 1 fully saturated rings. The van der Waals surface area contributed by atoms with E-state index < -0.39 is 0 Å². The first-order valence-electron chi connectivity index (χ1n) is 9.70. The first-order chi connectivity index (χ1) is 14.3. The smallest absolute Gasteiger partial charge is 0.263 e. The molecular weight excluding hydrogens is 366 g/mol. The van der Waals surface area contributed by atoms with Gasteiger partial charge in [-0.05, 0) is 10.8 Å². The van der Waals surface area contributed by atoms with Crippen molar-refractivity contribution >= 4 is 11.6 Å². The summed E-state index contributed by atoms with van der Waals surface area (Å²) < 4.78 is 0. The number of carbonyl (C=O) groups is 1. The average Bonchev–Trinajstić information content (AvgIpc) is 3.23. The van der Waals surface area contributed by atoms with Gasteiger partial charge in [-0.1, -0.05) is 60.7 Å². The van der Waals surface area contributed by atoms with Gasteiger partial charge in [0.15, 0.2) is 0 Å². The minimum Gasteiger partial charge on any atom is -0.298 e. The molecule has 1 N–H and O–H groups in total. The number of rotatable bonds is 6. The Hall–Kier alpha value is -3.39. The van der Waals surface area contributed by atoms with Crippen LogP contribution in [0.5, 0.6) is 0 Å². The zero-order chi connectivity index (χ0) is 19.9. The zero-order valence-electron chi connectivity index (χ0n) is 16.1. The lowest BCUT2D eigenvalue weighted by Gasteiger charge is -2.27. The summed E-state index contributed by atoms with van der Waals surface area (Å²) in [4.78, 5) is 15.8. The predicted molar refractivity (Wildman–Crippen MR) is 110 cm³/mol. The van der Waals surface area contributed by atoms with Crippen LogP contribution in [0.15, 0.2) is 65.8 Å². The third kappa shape index (κ3) is 5.32. The van der Waals surface area contributed by atoms with Gasteiger partial charge < -0.3 is 0 Å². The number of hydrogen-bond donors (Lipinski definition) is 1. The summed E-state index contributed by atoms with van der Waals surface area (Å²) in [7, 11) is 0. The highest BCUT2D eigenvalue weighted by Crippen LogP contribution is 2.12. The highest BCUT2D eigenvalue weighted by molar-refractivity contribution is 5.87. The maximum absolute atomic E-state index is 12.1. The molecular formula is C21H23N7O. The van der Waals surface area contributed by atoms with E-state index in [-0.39, 0.29) is 12.5 Å². The molecule has 148 valence electrons. The Morgan fingerprint density at radius 1 is 1.00 bits per heavy atom. The Morgan fingerprint density at radius 3 is 2.41 bits per heavy atom. The van der Waals surface area contributed by atoms with E-state index in [4.69, 9.17) is 0 Å². The Morgan fingerprint density at radius 2 is 1.69 bits per heavy atom. The highest BCUT2D eigenvalue weighted by atomic mass is 16.2. The molecule has 1 aliphatic rings. The number of benzene rings is 2. The summed E-state index contributed by atoms with van der Waals surface area (Å²) in [6.07, 6.45) is 1.71. The normalized spacial score (nSPS) is 14.6. The summed E-state index contributed by atoms with van der Waals surface area (Å²) in [6.45, 7) is 2.81. The molecule has 0 spiro atoms. The third-order valence-electron chi connectivity index (χ3n) is 4.79. The van der Waals surface area contributed by atoms with Gasteiger partial charge in [-0.25, -0.2) is 5.43 Å². The number of hydrogen-bond acceptors (Lipinski definition) is 6. The summed E-state index contributed by atoms with van der Waals surface area (Å²) in [5, 5.41) is 16.5. The minimum absolute atomic E-state index is 0.0171. The summed E-state index contributed by atoms with van der Waals surface area (Å²) in [6, 6.07) is 20.0. The molecule has 0 radical (unpaired) electrons. The lowest BCUT2D eigenvalue weighted by molar-refractivity contribution is -0.122. The van der Waals surface area contributed by atoms with E-state index in [1.807, 2.05) is 36.4 Å². The van der Waals surface area contributed by atoms with Crippen LogP contribution in [0.4, 0.5) is 0 Å². The Kier molecular flexibility index (Phi) is 6.01. The molecule has 1 aliphatic heterocycles. The van der Waals surface area contributed by atoms with Crippen molar-refractivity contribution in [3.8, 4) is 11.4 Å². The number of hydrazone groups is 1. The number of nitrogens with zero attached hydrogens (tertiary/aromatic N) is 6. The summed E-state index contributed by atoms with van der Waals surface area (Å²) in [5.74, 6) is 0.233. The van der Waals surface area contributed by atoms with Crippen LogP contribution in [0.25, 0.3) is 11.4 Å². The monoisotopic (exact) mass is 389 g/mol. The Labute approximate surface area is 169 Å². The number of amides is 1. The Balaban J connectivity index is 1.24. The maximum atomic E-state index is 12.1. The molecule has 0 bridgehead atoms. The molecule has 1 saturated heterocycles. The quantitative estimate of drug-likeness (QED) is 0.653. The van der Waals surface area contributed by atoms with Crippen LogP contribution in [0.1, 0.15) is 18.4 Å². The first kappa shape index (κ1) is 18.9. The molecule has 8 nitrogen and oxygen atoms in total. The molecule has 0 unspecified atom stereocenters. The maximum Gasteiger partial charge on any atom is 0.263 e. The largest absolute Gasteiger partial charge is 0.298 e. The molecule has 0 saturated carbocycles. The van der Waals surface area contributed by atoms with Crippen LogP contribution in [0.2, 0.25) is 0 Å². The average molecular weight is 389 g/mol. The van der Waals surface area contributed by atoms with E-state index in [9.17, 15) is 4.79 Å². The van der Waals surface area contributed by atoms with Crippen molar-refractivity contribution in [1.82, 2.24) is 30.5 Å². The number of nitrogens with one attached hydrogen (secondary N) is 1. The van der Waals surface area contributed by atoms with Crippen molar-refractivity contribution in [1.29, 1.82) is 0 Å². The number of piperidine rings is 1. The molecule has 2 aromatic carbocycles. The second-order valence-corrected chi connectivity index (χ2v) is 6.98. The van der Waals surface area contributed by atoms with Gasteiger partial charge in [0.05, 0.1) is 0 Å². The van der Waals surface area contributed by atoms with Gasteiger partial charge in [-0.2, -0.15) is 9.90 Å². The van der Waals surface area contributed by atoms with Gasteiger partial charge in [0.2, 0.25) is 5.82 Å². The van der Waals surface area contributed by atoms with Gasteiger partial charge in [0, 0.05) is 43.8 Å². The summed E-state index contributed by atoms with van der Waals surface area (Å²) >= 11 is 0. The number of tetrazole rings is 1. The van der Waals surface area contributed by atoms with E-state index in [1.54, 1.807) is 0 Å². The predicted octanol–water partition coefficient (Wildman–Crippen LogP) is 2.11. The molecule has 0 aliphatic carbocycles. The molecule has 1 aromatic heterocycles. The second-order valence-electron chi connectivity index (χ2n) is 6.98. The zero-order valence-corrected chi connectivity index (χ0v) is 16.1. The third-order valence-corrected chi connectivity index (χ3v) is 4.79. The van der Waals surface area contributed by atoms with Crippen molar-refractivity contribution < 1.29 is 4.79 Å². The summed E-state index contributed by atoms with van der Waals surface area (Å²) in [5.41, 5.74) is 5.81. The molecule has 4 rings (SSSR count). The van der Waals surface area contributed by atoms with Gasteiger partial charge in [-0.15, -0.1) is 10.2 Å². The van der Waals surface area contributed by atoms with Crippen LogP contribution >= 0.6 is 0 Å². The number of carbonyl (C=O) groups excluding carboxylic acids is 1. The van der Waals surface area contributed by atoms with E-state index in [2.05, 4.69) is 55.1 Å². The van der Waals surface area contributed by atoms with E-state index >= 15 is 0 Å². The van der Waals surface area contributed by atoms with Gasteiger partial charge in [0.1, 0.15) is 6.54 Å². The molecule has 0 atom stereocenters. The molecule has 2 heterocycles. The lowest BCUT2D eigenvalue weighted by Crippen LogP contribution is -2.35. The van der Waals surface area contributed by atoms with Crippen molar-refractivity contribution in [3.05, 3.63) is 66.2 Å². The fraction of sp³-hybridized carbons (Fsp3) is 0.286. The van der Waals surface area contributed by atoms with Crippen molar-refractivity contribution in [2.75, 3.05) is 13.1 Å². The van der Waals surface area contributed by atoms with Crippen molar-refractivity contribution in [2.45, 2.75) is 25.9 Å². The first-order valence-corrected chi connectivity index (χ1v) is 9.70. The van der Waals surface area contributed by atoms with Gasteiger partial charge in [0.25, 0.3) is 5.91 Å². The highest BCUT2D eigenvalue weighted by Gasteiger charge is 2.16. The van der Waals surface area contributed by atoms with Gasteiger partial charge in [-0.3, -0.25) is 9.69 Å². The van der Waals surface area contributed by atoms with Crippen molar-refractivity contribution in [3.63, 3.8) is 0 Å². The van der Waals surface area contributed by atoms with E-state index in [1.165, 1.54) is 10.4 Å². The second kappa shape index (κ2) is 9.20. The van der Waals surface area contributed by atoms with E-state index in [0.29, 0.717) is 5.82 Å². The van der Waals surface area contributed by atoms with Crippen molar-refractivity contribution in [2.24, 2.45) is 5.10 Å². The fourth-order valence-corrected chi connectivity index (χ4v) is 3.24. The van der Waals surface area contributed by atoms with Gasteiger partial charge >= 0.3 is 0 Å². The van der Waals surface area contributed by atoms with Crippen LogP contribution in [0, 0.1) is 0 Å². The topological polar surface area (TPSA) is 88.3 Å². The van der Waals surface area contributed by atoms with Crippen LogP contribution < -0.4 is 5.43 Å². The van der Waals surface area contributed by atoms with Crippen LogP contribution in [0.3, 0.4) is 0 Å². The SMILES string of the molecule is O=C(Cn1nnc(-c2ccccc2)n1)NN=C1CCN(Cc2ccccc2)CC1. The number of likely N-dealkylation sites (tertiary alicyclic amines) is 1. The lowest BCUT2D eigenvalue weighted by atomic mass is 10.1. The molecule has 8 heteroatoms. The number of aromatic nitrogens is 4. The standard InChI is InChI=1S/C21H23N7O/c29-20(16-28-25-21(24-26-28)18-9-5-2-6-10-18)23-22-19-11-13-27(14-12-19)15-17-7-3-1-4-8-17/h1-10H,11-16H2,(H,23,29). The molecule has 3 aromatic rings. The molecule has 29 heavy (non-hydrogen) atoms. The Bertz CT molecular complexity index is 959. The minimum atomic E-state index is -0.263. The van der Waals surface area contributed by atoms with E-state index in [0.717, 1.165) is 43.8 Å². The van der Waals surface area contributed by atoms with Crippen LogP contribution in [-0.4, -0.2) is 49.8 Å². The van der Waals surface area contributed by atoms with Crippen LogP contribution in [-0.2, 0) is 17.9 Å². The molecule has 1 amide bonds.